The summed E-state index contributed by atoms with van der Waals surface area (Å²) in [5.41, 5.74) is 0. The van der Waals surface area contributed by atoms with E-state index in [9.17, 15) is 4.79 Å². The fraction of sp³-hybridized carbons (Fsp3) is 0.750. The maximum absolute atomic E-state index is 11.2. The van der Waals surface area contributed by atoms with Gasteiger partial charge in [0.15, 0.2) is 0 Å². The largest absolute Gasteiger partial charge is 0.453 e. The molecule has 1 atom stereocenters. The summed E-state index contributed by atoms with van der Waals surface area (Å²) in [7, 11) is 3.07. The van der Waals surface area contributed by atoms with Crippen molar-refractivity contribution in [2.75, 3.05) is 33.8 Å². The van der Waals surface area contributed by atoms with E-state index in [1.807, 2.05) is 6.92 Å². The van der Waals surface area contributed by atoms with Gasteiger partial charge in [-0.2, -0.15) is 0 Å². The van der Waals surface area contributed by atoms with Crippen LogP contribution in [0.15, 0.2) is 0 Å². The fourth-order valence-corrected chi connectivity index (χ4v) is 1.64. The molecule has 90 valence electrons. The third-order valence-electron chi connectivity index (χ3n) is 2.86. The molecule has 1 rings (SSSR count). The molecule has 0 N–H and O–H groups in total. The van der Waals surface area contributed by atoms with Crippen molar-refractivity contribution in [2.24, 2.45) is 0 Å². The fourth-order valence-electron chi connectivity index (χ4n) is 1.64. The molecule has 1 saturated heterocycles. The summed E-state index contributed by atoms with van der Waals surface area (Å²) >= 11 is 0. The number of hydrogen-bond donors (Lipinski definition) is 0. The van der Waals surface area contributed by atoms with Gasteiger partial charge in [-0.1, -0.05) is 11.8 Å². The molecule has 1 unspecified atom stereocenters. The van der Waals surface area contributed by atoms with E-state index < -0.39 is 0 Å². The summed E-state index contributed by atoms with van der Waals surface area (Å²) in [5, 5.41) is 0. The van der Waals surface area contributed by atoms with Crippen LogP contribution < -0.4 is 0 Å². The van der Waals surface area contributed by atoms with Gasteiger partial charge in [-0.05, 0) is 32.9 Å². The number of carbonyl (C=O) groups excluding carboxylic acids is 1. The highest BCUT2D eigenvalue weighted by molar-refractivity contribution is 5.67. The molecule has 1 aliphatic rings. The number of amides is 1. The molecule has 1 amide bonds. The SMILES string of the molecule is COC(=O)N(C)C(C)C#CCN1CCCC1. The average Bonchev–Trinajstić information content (AvgIpc) is 2.79. The minimum Gasteiger partial charge on any atom is -0.453 e. The molecule has 1 fully saturated rings. The second-order valence-corrected chi connectivity index (χ2v) is 4.06. The smallest absolute Gasteiger partial charge is 0.410 e. The first-order valence-electron chi connectivity index (χ1n) is 5.66. The van der Waals surface area contributed by atoms with Gasteiger partial charge in [0.25, 0.3) is 0 Å². The third-order valence-corrected chi connectivity index (χ3v) is 2.86. The minimum absolute atomic E-state index is 0.102. The average molecular weight is 224 g/mol. The molecule has 4 nitrogen and oxygen atoms in total. The van der Waals surface area contributed by atoms with Gasteiger partial charge >= 0.3 is 6.09 Å². The first kappa shape index (κ1) is 12.9. The zero-order valence-electron chi connectivity index (χ0n) is 10.3. The number of likely N-dealkylation sites (tertiary alicyclic amines) is 1. The monoisotopic (exact) mass is 224 g/mol. The highest BCUT2D eigenvalue weighted by Crippen LogP contribution is 2.05. The highest BCUT2D eigenvalue weighted by atomic mass is 16.5. The van der Waals surface area contributed by atoms with Crippen LogP contribution in [0.4, 0.5) is 4.79 Å². The molecule has 0 spiro atoms. The number of methoxy groups -OCH3 is 1. The maximum Gasteiger partial charge on any atom is 0.410 e. The standard InChI is InChI=1S/C12H20N2O2/c1-11(13(2)12(15)16-3)7-6-10-14-8-4-5-9-14/h11H,4-5,8-10H2,1-3H3. The Bertz CT molecular complexity index is 287. The van der Waals surface area contributed by atoms with Crippen LogP contribution in [0.2, 0.25) is 0 Å². The second-order valence-electron chi connectivity index (χ2n) is 4.06. The Balaban J connectivity index is 2.34. The van der Waals surface area contributed by atoms with E-state index in [2.05, 4.69) is 21.5 Å². The molecule has 4 heteroatoms. The van der Waals surface area contributed by atoms with Crippen LogP contribution in [0.3, 0.4) is 0 Å². The van der Waals surface area contributed by atoms with Gasteiger partial charge in [-0.3, -0.25) is 9.80 Å². The Morgan fingerprint density at radius 3 is 2.69 bits per heavy atom. The molecule has 1 aliphatic heterocycles. The van der Waals surface area contributed by atoms with Crippen molar-refractivity contribution in [1.82, 2.24) is 9.80 Å². The number of rotatable bonds is 2. The van der Waals surface area contributed by atoms with Crippen molar-refractivity contribution in [3.05, 3.63) is 0 Å². The van der Waals surface area contributed by atoms with Crippen molar-refractivity contribution < 1.29 is 9.53 Å². The molecule has 16 heavy (non-hydrogen) atoms. The summed E-state index contributed by atoms with van der Waals surface area (Å²) in [6, 6.07) is -0.102. The van der Waals surface area contributed by atoms with Crippen LogP contribution in [-0.2, 0) is 4.74 Å². The molecular weight excluding hydrogens is 204 g/mol. The van der Waals surface area contributed by atoms with Crippen LogP contribution in [0, 0.1) is 11.8 Å². The maximum atomic E-state index is 11.2. The van der Waals surface area contributed by atoms with Gasteiger partial charge in [0.2, 0.25) is 0 Å². The minimum atomic E-state index is -0.344. The Labute approximate surface area is 97.5 Å². The zero-order valence-corrected chi connectivity index (χ0v) is 10.3. The number of ether oxygens (including phenoxy) is 1. The zero-order chi connectivity index (χ0) is 12.0. The number of hydrogen-bond acceptors (Lipinski definition) is 3. The highest BCUT2D eigenvalue weighted by Gasteiger charge is 2.13. The first-order chi connectivity index (χ1) is 7.65. The van der Waals surface area contributed by atoms with Crippen LogP contribution >= 0.6 is 0 Å². The van der Waals surface area contributed by atoms with E-state index in [1.165, 1.54) is 24.9 Å². The van der Waals surface area contributed by atoms with Crippen molar-refractivity contribution in [3.63, 3.8) is 0 Å². The van der Waals surface area contributed by atoms with E-state index in [0.717, 1.165) is 19.6 Å². The summed E-state index contributed by atoms with van der Waals surface area (Å²) in [4.78, 5) is 15.0. The third kappa shape index (κ3) is 3.74. The Kier molecular flexibility index (Phi) is 5.13. The predicted molar refractivity (Wildman–Crippen MR) is 63.1 cm³/mol. The van der Waals surface area contributed by atoms with Gasteiger partial charge in [0.05, 0.1) is 19.7 Å². The second kappa shape index (κ2) is 6.39. The first-order valence-corrected chi connectivity index (χ1v) is 5.66. The summed E-state index contributed by atoms with van der Waals surface area (Å²) in [6.07, 6.45) is 2.21. The lowest BCUT2D eigenvalue weighted by molar-refractivity contribution is 0.128. The molecule has 0 radical (unpaired) electrons. The van der Waals surface area contributed by atoms with Gasteiger partial charge in [0, 0.05) is 7.05 Å². The van der Waals surface area contributed by atoms with E-state index in [1.54, 1.807) is 7.05 Å². The lowest BCUT2D eigenvalue weighted by Gasteiger charge is -2.18. The summed E-state index contributed by atoms with van der Waals surface area (Å²) in [6.45, 7) is 5.00. The normalized spacial score (nSPS) is 17.4. The van der Waals surface area contributed by atoms with E-state index >= 15 is 0 Å². The van der Waals surface area contributed by atoms with Crippen LogP contribution in [0.1, 0.15) is 19.8 Å². The summed E-state index contributed by atoms with van der Waals surface area (Å²) < 4.78 is 4.62. The van der Waals surface area contributed by atoms with E-state index in [4.69, 9.17) is 0 Å². The van der Waals surface area contributed by atoms with Crippen LogP contribution in [0.5, 0.6) is 0 Å². The number of nitrogens with zero attached hydrogens (tertiary/aromatic N) is 2. The van der Waals surface area contributed by atoms with Crippen molar-refractivity contribution in [3.8, 4) is 11.8 Å². The molecule has 0 aromatic heterocycles. The quantitative estimate of drug-likeness (QED) is 0.660. The van der Waals surface area contributed by atoms with Crippen LogP contribution in [-0.4, -0.2) is 55.7 Å². The molecular formula is C12H20N2O2. The van der Waals surface area contributed by atoms with E-state index in [-0.39, 0.29) is 12.1 Å². The van der Waals surface area contributed by atoms with Gasteiger partial charge in [0.1, 0.15) is 0 Å². The predicted octanol–water partition coefficient (Wildman–Crippen LogP) is 1.17. The molecule has 1 heterocycles. The van der Waals surface area contributed by atoms with Crippen LogP contribution in [0.25, 0.3) is 0 Å². The van der Waals surface area contributed by atoms with Crippen molar-refractivity contribution >= 4 is 6.09 Å². The van der Waals surface area contributed by atoms with Gasteiger partial charge in [-0.25, -0.2) is 4.79 Å². The summed E-state index contributed by atoms with van der Waals surface area (Å²) in [5.74, 6) is 6.17. The van der Waals surface area contributed by atoms with E-state index in [0.29, 0.717) is 0 Å². The molecule has 0 bridgehead atoms. The molecule has 0 aromatic carbocycles. The number of carbonyl (C=O) groups is 1. The van der Waals surface area contributed by atoms with Gasteiger partial charge in [-0.15, -0.1) is 0 Å². The van der Waals surface area contributed by atoms with Crippen molar-refractivity contribution in [2.45, 2.75) is 25.8 Å². The Hall–Kier alpha value is -1.21. The molecule has 0 aliphatic carbocycles. The lowest BCUT2D eigenvalue weighted by atomic mass is 10.3. The molecule has 0 saturated carbocycles. The lowest BCUT2D eigenvalue weighted by Crippen LogP contribution is -2.34. The topological polar surface area (TPSA) is 32.8 Å². The van der Waals surface area contributed by atoms with Gasteiger partial charge < -0.3 is 4.74 Å². The Morgan fingerprint density at radius 2 is 2.12 bits per heavy atom. The Morgan fingerprint density at radius 1 is 1.50 bits per heavy atom. The van der Waals surface area contributed by atoms with Crippen molar-refractivity contribution in [1.29, 1.82) is 0 Å². The molecule has 0 aromatic rings.